The van der Waals surface area contributed by atoms with Crippen LogP contribution in [0.4, 0.5) is 0 Å². The summed E-state index contributed by atoms with van der Waals surface area (Å²) < 4.78 is 0. The molecule has 0 spiro atoms. The van der Waals surface area contributed by atoms with Crippen molar-refractivity contribution in [3.05, 3.63) is 21.5 Å². The predicted molar refractivity (Wildman–Crippen MR) is 87.8 cm³/mol. The molecule has 0 saturated carbocycles. The number of aromatic nitrogens is 2. The van der Waals surface area contributed by atoms with Crippen LogP contribution in [0, 0.1) is 6.92 Å². The average molecular weight is 369 g/mol. The van der Waals surface area contributed by atoms with Crippen LogP contribution in [-0.2, 0) is 9.59 Å². The van der Waals surface area contributed by atoms with Gasteiger partial charge in [-0.2, -0.15) is 0 Å². The molecule has 2 aromatic rings. The molecule has 0 saturated heterocycles. The first kappa shape index (κ1) is 18.0. The Morgan fingerprint density at radius 1 is 1.12 bits per heavy atom. The highest BCUT2D eigenvalue weighted by Crippen LogP contribution is 2.24. The molecule has 9 nitrogen and oxygen atoms in total. The number of amides is 3. The molecule has 2 heterocycles. The fourth-order valence-electron chi connectivity index (χ4n) is 1.64. The highest BCUT2D eigenvalue weighted by Gasteiger charge is 2.14. The molecule has 24 heavy (non-hydrogen) atoms. The van der Waals surface area contributed by atoms with Gasteiger partial charge in [0, 0.05) is 23.7 Å². The molecule has 0 radical (unpaired) electrons. The summed E-state index contributed by atoms with van der Waals surface area (Å²) in [5, 5.41) is 18.2. The highest BCUT2D eigenvalue weighted by atomic mass is 32.1. The van der Waals surface area contributed by atoms with Crippen LogP contribution in [-0.4, -0.2) is 46.0 Å². The summed E-state index contributed by atoms with van der Waals surface area (Å²) in [4.78, 5) is 42.8. The molecule has 0 bridgehead atoms. The number of carbonyl (C=O) groups excluding carboxylic acids is 3. The van der Waals surface area contributed by atoms with Gasteiger partial charge in [0.1, 0.15) is 16.4 Å². The maximum absolute atomic E-state index is 12.0. The number of thiazole rings is 2. The Bertz CT molecular complexity index is 742. The lowest BCUT2D eigenvalue weighted by molar-refractivity contribution is -0.129. The van der Waals surface area contributed by atoms with Crippen molar-refractivity contribution in [1.82, 2.24) is 26.1 Å². The van der Waals surface area contributed by atoms with E-state index in [0.717, 1.165) is 10.7 Å². The maximum atomic E-state index is 12.0. The van der Waals surface area contributed by atoms with Crippen molar-refractivity contribution in [3.8, 4) is 10.7 Å². The molecule has 0 aliphatic rings. The molecule has 4 N–H and O–H groups in total. The fraction of sp³-hybridized carbons (Fsp3) is 0.308. The smallest absolute Gasteiger partial charge is 0.271 e. The van der Waals surface area contributed by atoms with E-state index in [9.17, 15) is 14.4 Å². The second-order valence-corrected chi connectivity index (χ2v) is 6.53. The summed E-state index contributed by atoms with van der Waals surface area (Å²) in [6.45, 7) is 1.71. The largest absolute Gasteiger partial charge is 0.354 e. The van der Waals surface area contributed by atoms with E-state index >= 15 is 0 Å². The zero-order valence-electron chi connectivity index (χ0n) is 12.7. The van der Waals surface area contributed by atoms with Crippen molar-refractivity contribution in [2.75, 3.05) is 13.1 Å². The van der Waals surface area contributed by atoms with Gasteiger partial charge < -0.3 is 10.6 Å². The molecule has 0 aromatic carbocycles. The van der Waals surface area contributed by atoms with E-state index in [1.165, 1.54) is 28.2 Å². The van der Waals surface area contributed by atoms with Gasteiger partial charge in [-0.15, -0.1) is 22.7 Å². The molecular formula is C13H15N5O4S2. The van der Waals surface area contributed by atoms with Crippen LogP contribution >= 0.6 is 22.7 Å². The lowest BCUT2D eigenvalue weighted by atomic mass is 10.4. The molecule has 2 aromatic heterocycles. The standard InChI is InChI=1S/C13H15N5O4S2/c1-7-16-9(6-23-7)13-17-8(5-24-13)12(21)15-4-11(20)14-3-2-10(19)18-22/h5-6,22H,2-4H2,1H3,(H,14,20)(H,15,21)(H,18,19). The summed E-state index contributed by atoms with van der Waals surface area (Å²) in [6.07, 6.45) is -0.0569. The van der Waals surface area contributed by atoms with Crippen LogP contribution < -0.4 is 16.1 Å². The number of nitrogens with one attached hydrogen (secondary N) is 3. The number of hydrogen-bond acceptors (Lipinski definition) is 8. The predicted octanol–water partition coefficient (Wildman–Crippen LogP) is 0.317. The van der Waals surface area contributed by atoms with E-state index in [1.807, 2.05) is 12.3 Å². The second kappa shape index (κ2) is 8.47. The van der Waals surface area contributed by atoms with Crippen molar-refractivity contribution in [2.45, 2.75) is 13.3 Å². The van der Waals surface area contributed by atoms with Gasteiger partial charge in [0.15, 0.2) is 0 Å². The summed E-state index contributed by atoms with van der Waals surface area (Å²) in [7, 11) is 0. The topological polar surface area (TPSA) is 133 Å². The normalized spacial score (nSPS) is 10.2. The molecule has 0 aliphatic carbocycles. The molecule has 3 amide bonds. The van der Waals surface area contributed by atoms with E-state index < -0.39 is 17.7 Å². The molecule has 2 rings (SSSR count). The van der Waals surface area contributed by atoms with Gasteiger partial charge in [-0.1, -0.05) is 0 Å². The average Bonchev–Trinajstić information content (AvgIpc) is 3.21. The van der Waals surface area contributed by atoms with E-state index in [4.69, 9.17) is 5.21 Å². The lowest BCUT2D eigenvalue weighted by Gasteiger charge is -2.05. The van der Waals surface area contributed by atoms with Crippen molar-refractivity contribution < 1.29 is 19.6 Å². The fourth-order valence-corrected chi connectivity index (χ4v) is 3.07. The van der Waals surface area contributed by atoms with Gasteiger partial charge in [-0.25, -0.2) is 15.4 Å². The minimum atomic E-state index is -0.605. The number of hydroxylamine groups is 1. The van der Waals surface area contributed by atoms with Crippen molar-refractivity contribution >= 4 is 40.4 Å². The third-order valence-electron chi connectivity index (χ3n) is 2.78. The Hall–Kier alpha value is -2.37. The van der Waals surface area contributed by atoms with Crippen molar-refractivity contribution in [3.63, 3.8) is 0 Å². The van der Waals surface area contributed by atoms with Gasteiger partial charge in [0.25, 0.3) is 5.91 Å². The van der Waals surface area contributed by atoms with Crippen LogP contribution in [0.25, 0.3) is 10.7 Å². The Kier molecular flexibility index (Phi) is 6.35. The van der Waals surface area contributed by atoms with Gasteiger partial charge >= 0.3 is 0 Å². The van der Waals surface area contributed by atoms with Gasteiger partial charge in [0.2, 0.25) is 11.8 Å². The first-order valence-corrected chi connectivity index (χ1v) is 8.61. The van der Waals surface area contributed by atoms with Crippen LogP contribution in [0.15, 0.2) is 10.8 Å². The Balaban J connectivity index is 1.79. The Morgan fingerprint density at radius 2 is 1.92 bits per heavy atom. The van der Waals surface area contributed by atoms with E-state index in [2.05, 4.69) is 20.6 Å². The molecule has 0 fully saturated rings. The minimum absolute atomic E-state index is 0.0569. The summed E-state index contributed by atoms with van der Waals surface area (Å²) in [5.74, 6) is -1.51. The van der Waals surface area contributed by atoms with Gasteiger partial charge in [-0.05, 0) is 6.92 Å². The summed E-state index contributed by atoms with van der Waals surface area (Å²) in [6, 6.07) is 0. The van der Waals surface area contributed by atoms with Crippen LogP contribution in [0.5, 0.6) is 0 Å². The molecule has 11 heteroatoms. The third kappa shape index (κ3) is 5.08. The number of rotatable bonds is 7. The minimum Gasteiger partial charge on any atom is -0.354 e. The lowest BCUT2D eigenvalue weighted by Crippen LogP contribution is -2.38. The highest BCUT2D eigenvalue weighted by molar-refractivity contribution is 7.14. The van der Waals surface area contributed by atoms with Crippen molar-refractivity contribution in [1.29, 1.82) is 0 Å². The van der Waals surface area contributed by atoms with Crippen molar-refractivity contribution in [2.24, 2.45) is 0 Å². The third-order valence-corrected chi connectivity index (χ3v) is 4.42. The van der Waals surface area contributed by atoms with Crippen LogP contribution in [0.1, 0.15) is 21.9 Å². The zero-order chi connectivity index (χ0) is 17.5. The van der Waals surface area contributed by atoms with Crippen LogP contribution in [0.3, 0.4) is 0 Å². The van der Waals surface area contributed by atoms with E-state index in [-0.39, 0.29) is 25.2 Å². The van der Waals surface area contributed by atoms with Gasteiger partial charge in [0.05, 0.1) is 11.6 Å². The molecule has 0 atom stereocenters. The first-order chi connectivity index (χ1) is 11.5. The van der Waals surface area contributed by atoms with E-state index in [0.29, 0.717) is 5.01 Å². The monoisotopic (exact) mass is 369 g/mol. The van der Waals surface area contributed by atoms with E-state index in [1.54, 1.807) is 5.38 Å². The van der Waals surface area contributed by atoms with Crippen LogP contribution in [0.2, 0.25) is 0 Å². The number of carbonyl (C=O) groups is 3. The maximum Gasteiger partial charge on any atom is 0.271 e. The summed E-state index contributed by atoms with van der Waals surface area (Å²) in [5.41, 5.74) is 2.40. The zero-order valence-corrected chi connectivity index (χ0v) is 14.3. The number of hydrogen-bond donors (Lipinski definition) is 4. The first-order valence-electron chi connectivity index (χ1n) is 6.85. The number of nitrogens with zero attached hydrogens (tertiary/aromatic N) is 2. The molecule has 0 unspecified atom stereocenters. The Morgan fingerprint density at radius 3 is 2.58 bits per heavy atom. The molecule has 128 valence electrons. The molecular weight excluding hydrogens is 354 g/mol. The molecule has 0 aliphatic heterocycles. The summed E-state index contributed by atoms with van der Waals surface area (Å²) >= 11 is 2.80. The number of aryl methyl sites for hydroxylation is 1. The second-order valence-electron chi connectivity index (χ2n) is 4.61. The SMILES string of the molecule is Cc1nc(-c2nc(C(=O)NCC(=O)NCCC(=O)NO)cs2)cs1. The quantitative estimate of drug-likeness (QED) is 0.410. The van der Waals surface area contributed by atoms with Gasteiger partial charge in [-0.3, -0.25) is 19.6 Å². The Labute approximate surface area is 145 Å².